The minimum Gasteiger partial charge on any atom is -0.492 e. The molecular weight excluding hydrogens is 262 g/mol. The van der Waals surface area contributed by atoms with E-state index >= 15 is 0 Å². The van der Waals surface area contributed by atoms with Gasteiger partial charge in [-0.15, -0.1) is 0 Å². The number of rotatable bonds is 6. The summed E-state index contributed by atoms with van der Waals surface area (Å²) in [6, 6.07) is 7.61. The summed E-state index contributed by atoms with van der Waals surface area (Å²) in [5.74, 6) is 1.86. The Bertz CT molecular complexity index is 510. The minimum absolute atomic E-state index is 0.219. The molecule has 1 atom stereocenters. The number of hydrogen-bond acceptors (Lipinski definition) is 3. The zero-order valence-corrected chi connectivity index (χ0v) is 11.9. The average molecular weight is 280 g/mol. The van der Waals surface area contributed by atoms with Crippen molar-refractivity contribution < 1.29 is 4.74 Å². The molecule has 0 aliphatic rings. The van der Waals surface area contributed by atoms with Crippen LogP contribution in [0.25, 0.3) is 0 Å². The number of benzene rings is 1. The summed E-state index contributed by atoms with van der Waals surface area (Å²) in [5.41, 5.74) is 0. The zero-order valence-electron chi connectivity index (χ0n) is 11.1. The zero-order chi connectivity index (χ0) is 13.7. The van der Waals surface area contributed by atoms with Crippen molar-refractivity contribution in [1.82, 2.24) is 14.9 Å². The van der Waals surface area contributed by atoms with Gasteiger partial charge in [0.1, 0.15) is 18.2 Å². The molecule has 2 rings (SSSR count). The van der Waals surface area contributed by atoms with E-state index in [1.807, 2.05) is 55.3 Å². The molecule has 0 spiro atoms. The third-order valence-corrected chi connectivity index (χ3v) is 3.27. The number of hydrogen-bond donors (Lipinski definition) is 1. The summed E-state index contributed by atoms with van der Waals surface area (Å²) in [6.07, 6.45) is 4.58. The molecule has 0 saturated heterocycles. The van der Waals surface area contributed by atoms with Crippen LogP contribution in [0.5, 0.6) is 5.75 Å². The van der Waals surface area contributed by atoms with Gasteiger partial charge in [-0.2, -0.15) is 0 Å². The third kappa shape index (κ3) is 3.98. The number of likely N-dealkylation sites (N-methyl/N-ethyl adjacent to an activating group) is 1. The van der Waals surface area contributed by atoms with Crippen molar-refractivity contribution in [3.8, 4) is 5.75 Å². The molecule has 19 heavy (non-hydrogen) atoms. The Morgan fingerprint density at radius 3 is 2.68 bits per heavy atom. The molecule has 0 aliphatic heterocycles. The molecule has 0 saturated carbocycles. The van der Waals surface area contributed by atoms with Crippen LogP contribution in [0, 0.1) is 0 Å². The highest BCUT2D eigenvalue weighted by Gasteiger charge is 2.11. The summed E-state index contributed by atoms with van der Waals surface area (Å²) in [6.45, 7) is 0.588. The van der Waals surface area contributed by atoms with Crippen molar-refractivity contribution in [3.05, 3.63) is 47.5 Å². The number of imidazole rings is 1. The van der Waals surface area contributed by atoms with Crippen molar-refractivity contribution in [2.24, 2.45) is 7.05 Å². The fraction of sp³-hybridized carbons (Fsp3) is 0.357. The van der Waals surface area contributed by atoms with Gasteiger partial charge in [0, 0.05) is 36.9 Å². The van der Waals surface area contributed by atoms with Crippen LogP contribution >= 0.6 is 11.6 Å². The summed E-state index contributed by atoms with van der Waals surface area (Å²) < 4.78 is 7.76. The first kappa shape index (κ1) is 13.9. The first-order valence-corrected chi connectivity index (χ1v) is 6.58. The van der Waals surface area contributed by atoms with E-state index in [4.69, 9.17) is 16.3 Å². The summed E-state index contributed by atoms with van der Waals surface area (Å²) >= 11 is 5.83. The second kappa shape index (κ2) is 6.59. The Morgan fingerprint density at radius 1 is 1.37 bits per heavy atom. The quantitative estimate of drug-likeness (QED) is 0.882. The van der Waals surface area contributed by atoms with Gasteiger partial charge in [-0.3, -0.25) is 0 Å². The fourth-order valence-corrected chi connectivity index (χ4v) is 1.91. The molecule has 2 aromatic rings. The molecule has 1 aromatic heterocycles. The van der Waals surface area contributed by atoms with Crippen molar-refractivity contribution in [2.75, 3.05) is 13.7 Å². The van der Waals surface area contributed by atoms with E-state index in [1.165, 1.54) is 0 Å². The van der Waals surface area contributed by atoms with Crippen LogP contribution in [0.1, 0.15) is 5.82 Å². The van der Waals surface area contributed by atoms with Gasteiger partial charge in [0.05, 0.1) is 0 Å². The summed E-state index contributed by atoms with van der Waals surface area (Å²) in [5, 5.41) is 3.96. The molecular formula is C14H18ClN3O. The first-order valence-electron chi connectivity index (χ1n) is 6.21. The minimum atomic E-state index is 0.219. The molecule has 4 nitrogen and oxygen atoms in total. The number of halogens is 1. The van der Waals surface area contributed by atoms with Crippen LogP contribution < -0.4 is 10.1 Å². The maximum atomic E-state index is 5.83. The van der Waals surface area contributed by atoms with E-state index in [0.717, 1.165) is 18.0 Å². The van der Waals surface area contributed by atoms with E-state index in [9.17, 15) is 0 Å². The molecule has 0 aliphatic carbocycles. The topological polar surface area (TPSA) is 39.1 Å². The standard InChI is InChI=1S/C14H18ClN3O/c1-16-12(9-14-17-7-8-18(14)2)10-19-13-5-3-11(15)4-6-13/h3-8,12,16H,9-10H2,1-2H3. The molecule has 102 valence electrons. The third-order valence-electron chi connectivity index (χ3n) is 3.02. The molecule has 0 bridgehead atoms. The molecule has 0 amide bonds. The van der Waals surface area contributed by atoms with E-state index in [1.54, 1.807) is 0 Å². The normalized spacial score (nSPS) is 12.4. The van der Waals surface area contributed by atoms with E-state index in [0.29, 0.717) is 11.6 Å². The SMILES string of the molecule is CNC(COc1ccc(Cl)cc1)Cc1nccn1C. The molecule has 0 fully saturated rings. The molecule has 1 aromatic carbocycles. The van der Waals surface area contributed by atoms with Gasteiger partial charge >= 0.3 is 0 Å². The van der Waals surface area contributed by atoms with Gasteiger partial charge in [0.15, 0.2) is 0 Å². The Hall–Kier alpha value is -1.52. The Balaban J connectivity index is 1.89. The average Bonchev–Trinajstić information content (AvgIpc) is 2.82. The number of nitrogens with one attached hydrogen (secondary N) is 1. The highest BCUT2D eigenvalue weighted by atomic mass is 35.5. The van der Waals surface area contributed by atoms with Crippen LogP contribution in [0.3, 0.4) is 0 Å². The largest absolute Gasteiger partial charge is 0.492 e. The second-order valence-corrected chi connectivity index (χ2v) is 4.85. The van der Waals surface area contributed by atoms with E-state index in [-0.39, 0.29) is 6.04 Å². The van der Waals surface area contributed by atoms with Crippen molar-refractivity contribution in [3.63, 3.8) is 0 Å². The lowest BCUT2D eigenvalue weighted by atomic mass is 10.2. The van der Waals surface area contributed by atoms with Gasteiger partial charge in [-0.25, -0.2) is 4.98 Å². The molecule has 0 radical (unpaired) electrons. The fourth-order valence-electron chi connectivity index (χ4n) is 1.79. The van der Waals surface area contributed by atoms with Gasteiger partial charge in [0.25, 0.3) is 0 Å². The van der Waals surface area contributed by atoms with E-state index in [2.05, 4.69) is 10.3 Å². The number of aromatic nitrogens is 2. The van der Waals surface area contributed by atoms with Crippen LogP contribution in [-0.4, -0.2) is 29.2 Å². The maximum absolute atomic E-state index is 5.83. The maximum Gasteiger partial charge on any atom is 0.119 e. The first-order chi connectivity index (χ1) is 9.19. The smallest absolute Gasteiger partial charge is 0.119 e. The van der Waals surface area contributed by atoms with Gasteiger partial charge in [-0.05, 0) is 31.3 Å². The molecule has 5 heteroatoms. The van der Waals surface area contributed by atoms with Gasteiger partial charge in [-0.1, -0.05) is 11.6 Å². The molecule has 1 N–H and O–H groups in total. The Kier molecular flexibility index (Phi) is 4.82. The highest BCUT2D eigenvalue weighted by Crippen LogP contribution is 2.15. The predicted octanol–water partition coefficient (Wildman–Crippen LogP) is 2.28. The lowest BCUT2D eigenvalue weighted by Gasteiger charge is -2.17. The summed E-state index contributed by atoms with van der Waals surface area (Å²) in [4.78, 5) is 4.32. The van der Waals surface area contributed by atoms with Gasteiger partial charge < -0.3 is 14.6 Å². The Morgan fingerprint density at radius 2 is 2.11 bits per heavy atom. The molecule has 1 unspecified atom stereocenters. The predicted molar refractivity (Wildman–Crippen MR) is 76.7 cm³/mol. The van der Waals surface area contributed by atoms with Crippen LogP contribution in [0.4, 0.5) is 0 Å². The number of nitrogens with zero attached hydrogens (tertiary/aromatic N) is 2. The lowest BCUT2D eigenvalue weighted by molar-refractivity contribution is 0.267. The van der Waals surface area contributed by atoms with Gasteiger partial charge in [0.2, 0.25) is 0 Å². The highest BCUT2D eigenvalue weighted by molar-refractivity contribution is 6.30. The molecule has 1 heterocycles. The van der Waals surface area contributed by atoms with Crippen LogP contribution in [0.2, 0.25) is 5.02 Å². The number of aryl methyl sites for hydroxylation is 1. The van der Waals surface area contributed by atoms with Crippen molar-refractivity contribution in [1.29, 1.82) is 0 Å². The Labute approximate surface area is 118 Å². The van der Waals surface area contributed by atoms with Crippen LogP contribution in [-0.2, 0) is 13.5 Å². The van der Waals surface area contributed by atoms with Crippen molar-refractivity contribution in [2.45, 2.75) is 12.5 Å². The number of ether oxygens (including phenoxy) is 1. The summed E-state index contributed by atoms with van der Waals surface area (Å²) in [7, 11) is 3.92. The van der Waals surface area contributed by atoms with Crippen LogP contribution in [0.15, 0.2) is 36.7 Å². The monoisotopic (exact) mass is 279 g/mol. The van der Waals surface area contributed by atoms with E-state index < -0.39 is 0 Å². The van der Waals surface area contributed by atoms with Crippen molar-refractivity contribution >= 4 is 11.6 Å². The second-order valence-electron chi connectivity index (χ2n) is 4.41. The lowest BCUT2D eigenvalue weighted by Crippen LogP contribution is -2.34.